The van der Waals surface area contributed by atoms with E-state index in [0.717, 1.165) is 17.7 Å². The minimum absolute atomic E-state index is 0.0375. The second-order valence-electron chi connectivity index (χ2n) is 8.85. The number of aliphatic imine (C=N–C) groups is 1. The Hall–Kier alpha value is -2.94. The van der Waals surface area contributed by atoms with Crippen LogP contribution in [-0.2, 0) is 17.5 Å². The number of ether oxygens (including phenoxy) is 2. The van der Waals surface area contributed by atoms with Crippen LogP contribution in [0, 0.1) is 0 Å². The van der Waals surface area contributed by atoms with E-state index < -0.39 is 24.1 Å². The predicted octanol–water partition coefficient (Wildman–Crippen LogP) is 7.81. The molecule has 10 heteroatoms. The molecule has 2 aliphatic rings. The molecule has 0 saturated carbocycles. The Morgan fingerprint density at radius 3 is 2.47 bits per heavy atom. The van der Waals surface area contributed by atoms with Crippen molar-refractivity contribution >= 4 is 40.5 Å². The first kappa shape index (κ1) is 24.7. The lowest BCUT2D eigenvalue weighted by atomic mass is 10.1. The van der Waals surface area contributed by atoms with Crippen molar-refractivity contribution in [2.45, 2.75) is 45.0 Å². The largest absolute Gasteiger partial charge is 0.489 e. The molecule has 188 valence electrons. The van der Waals surface area contributed by atoms with Gasteiger partial charge >= 0.3 is 6.18 Å². The van der Waals surface area contributed by atoms with E-state index in [1.54, 1.807) is 30.3 Å². The highest BCUT2D eigenvalue weighted by molar-refractivity contribution is 6.32. The monoisotopic (exact) mass is 535 g/mol. The molecule has 36 heavy (non-hydrogen) atoms. The molecule has 0 radical (unpaired) electrons. The first-order valence-electron chi connectivity index (χ1n) is 11.3. The Morgan fingerprint density at radius 2 is 1.81 bits per heavy atom. The van der Waals surface area contributed by atoms with Crippen LogP contribution in [0.25, 0.3) is 0 Å². The molecule has 0 bridgehead atoms. The number of benzene rings is 3. The highest BCUT2D eigenvalue weighted by Gasteiger charge is 2.50. The summed E-state index contributed by atoms with van der Waals surface area (Å²) in [6, 6.07) is 16.1. The molecule has 3 aromatic rings. The molecule has 3 aromatic carbocycles. The van der Waals surface area contributed by atoms with Crippen LogP contribution in [0.5, 0.6) is 5.75 Å². The van der Waals surface area contributed by atoms with Gasteiger partial charge in [-0.3, -0.25) is 0 Å². The predicted molar refractivity (Wildman–Crippen MR) is 134 cm³/mol. The first-order chi connectivity index (χ1) is 17.1. The molecule has 0 spiro atoms. The zero-order chi connectivity index (χ0) is 25.6. The van der Waals surface area contributed by atoms with Crippen molar-refractivity contribution in [2.75, 3.05) is 5.32 Å². The molecule has 0 amide bonds. The Labute approximate surface area is 216 Å². The van der Waals surface area contributed by atoms with Crippen LogP contribution in [0.2, 0.25) is 10.0 Å². The van der Waals surface area contributed by atoms with Crippen molar-refractivity contribution in [3.05, 3.63) is 87.4 Å². The van der Waals surface area contributed by atoms with Crippen LogP contribution in [0.3, 0.4) is 0 Å². The van der Waals surface area contributed by atoms with E-state index >= 15 is 0 Å². The Balaban J connectivity index is 1.51. The third kappa shape index (κ3) is 5.26. The molecule has 5 rings (SSSR count). The fraction of sp³-hybridized carbons (Fsp3) is 0.269. The number of nitrogens with zero attached hydrogens (tertiary/aromatic N) is 2. The lowest BCUT2D eigenvalue weighted by Crippen LogP contribution is -2.38. The molecule has 2 heterocycles. The Kier molecular flexibility index (Phi) is 6.53. The molecule has 1 saturated heterocycles. The van der Waals surface area contributed by atoms with E-state index in [4.69, 9.17) is 37.7 Å². The quantitative estimate of drug-likeness (QED) is 0.338. The SMILES string of the molecule is CC(C)Oc1ccc(NC2=Nc3ccc(C(F)(F)F)cc3C3OC3N2Cc2ccc(Cl)cc2)cc1Cl. The minimum atomic E-state index is -4.46. The number of fused-ring (bicyclic) bond motifs is 3. The molecule has 2 aliphatic heterocycles. The summed E-state index contributed by atoms with van der Waals surface area (Å²) < 4.78 is 51.7. The molecule has 2 unspecified atom stereocenters. The van der Waals surface area contributed by atoms with Crippen LogP contribution >= 0.6 is 23.2 Å². The van der Waals surface area contributed by atoms with Gasteiger partial charge in [-0.2, -0.15) is 13.2 Å². The topological polar surface area (TPSA) is 49.4 Å². The summed E-state index contributed by atoms with van der Waals surface area (Å²) in [7, 11) is 0. The van der Waals surface area contributed by atoms with E-state index in [-0.39, 0.29) is 6.10 Å². The molecular formula is C26H22Cl2F3N3O2. The van der Waals surface area contributed by atoms with Crippen LogP contribution in [0.4, 0.5) is 24.5 Å². The minimum Gasteiger partial charge on any atom is -0.489 e. The number of anilines is 1. The van der Waals surface area contributed by atoms with Gasteiger partial charge in [-0.05, 0) is 67.9 Å². The summed E-state index contributed by atoms with van der Waals surface area (Å²) >= 11 is 12.5. The van der Waals surface area contributed by atoms with Gasteiger partial charge in [0, 0.05) is 22.8 Å². The molecule has 5 nitrogen and oxygen atoms in total. The third-order valence-corrected chi connectivity index (χ3v) is 6.30. The highest BCUT2D eigenvalue weighted by atomic mass is 35.5. The fourth-order valence-electron chi connectivity index (χ4n) is 4.04. The van der Waals surface area contributed by atoms with Crippen molar-refractivity contribution in [2.24, 2.45) is 4.99 Å². The maximum atomic E-state index is 13.4. The second-order valence-corrected chi connectivity index (χ2v) is 9.69. The van der Waals surface area contributed by atoms with Crippen LogP contribution in [0.1, 0.15) is 36.6 Å². The number of hydrogen-bond donors (Lipinski definition) is 1. The molecular weight excluding hydrogens is 514 g/mol. The van der Waals surface area contributed by atoms with Gasteiger partial charge < -0.3 is 19.7 Å². The van der Waals surface area contributed by atoms with Gasteiger partial charge in [0.15, 0.2) is 6.23 Å². The smallest absolute Gasteiger partial charge is 0.416 e. The van der Waals surface area contributed by atoms with E-state index in [1.807, 2.05) is 30.9 Å². The van der Waals surface area contributed by atoms with Crippen LogP contribution in [0.15, 0.2) is 65.7 Å². The van der Waals surface area contributed by atoms with Gasteiger partial charge in [-0.25, -0.2) is 4.99 Å². The second kappa shape index (κ2) is 9.50. The van der Waals surface area contributed by atoms with E-state index in [2.05, 4.69) is 5.32 Å². The number of guanidine groups is 1. The number of rotatable bonds is 5. The first-order valence-corrected chi connectivity index (χ1v) is 12.0. The van der Waals surface area contributed by atoms with Gasteiger partial charge in [-0.15, -0.1) is 0 Å². The fourth-order valence-corrected chi connectivity index (χ4v) is 4.39. The normalized spacial score (nSPS) is 18.8. The van der Waals surface area contributed by atoms with Crippen molar-refractivity contribution in [3.8, 4) is 5.75 Å². The summed E-state index contributed by atoms with van der Waals surface area (Å²) in [4.78, 5) is 6.60. The van der Waals surface area contributed by atoms with Gasteiger partial charge in [0.2, 0.25) is 5.96 Å². The lowest BCUT2D eigenvalue weighted by Gasteiger charge is -2.25. The average molecular weight is 536 g/mol. The summed E-state index contributed by atoms with van der Waals surface area (Å²) in [5.41, 5.74) is 1.64. The van der Waals surface area contributed by atoms with Crippen molar-refractivity contribution in [3.63, 3.8) is 0 Å². The highest BCUT2D eigenvalue weighted by Crippen LogP contribution is 2.49. The van der Waals surface area contributed by atoms with Gasteiger partial charge in [0.25, 0.3) is 0 Å². The van der Waals surface area contributed by atoms with Gasteiger partial charge in [-0.1, -0.05) is 35.3 Å². The van der Waals surface area contributed by atoms with Gasteiger partial charge in [0.1, 0.15) is 11.9 Å². The molecule has 0 aliphatic carbocycles. The lowest BCUT2D eigenvalue weighted by molar-refractivity contribution is -0.137. The standard InChI is InChI=1S/C26H22Cl2F3N3O2/c1-14(2)35-22-10-8-18(12-20(22)28)32-25-33-21-9-5-16(26(29,30)31)11-19(21)23-24(36-23)34(25)13-15-3-6-17(27)7-4-15/h3-12,14,23-24H,13H2,1-2H3,(H,32,33). The van der Waals surface area contributed by atoms with Crippen molar-refractivity contribution in [1.82, 2.24) is 4.90 Å². The van der Waals surface area contributed by atoms with E-state index in [1.165, 1.54) is 6.07 Å². The van der Waals surface area contributed by atoms with Gasteiger partial charge in [0.05, 0.1) is 22.4 Å². The maximum Gasteiger partial charge on any atom is 0.416 e. The number of epoxide rings is 1. The maximum absolute atomic E-state index is 13.4. The van der Waals surface area contributed by atoms with Crippen LogP contribution < -0.4 is 10.1 Å². The zero-order valence-electron chi connectivity index (χ0n) is 19.3. The Morgan fingerprint density at radius 1 is 1.06 bits per heavy atom. The number of nitrogens with one attached hydrogen (secondary N) is 1. The summed E-state index contributed by atoms with van der Waals surface area (Å²) in [6.07, 6.45) is -5.53. The summed E-state index contributed by atoms with van der Waals surface area (Å²) in [5, 5.41) is 4.30. The number of hydrogen-bond acceptors (Lipinski definition) is 5. The Bertz CT molecular complexity index is 1310. The van der Waals surface area contributed by atoms with Crippen LogP contribution in [-0.4, -0.2) is 23.2 Å². The van der Waals surface area contributed by atoms with E-state index in [9.17, 15) is 13.2 Å². The zero-order valence-corrected chi connectivity index (χ0v) is 20.8. The number of alkyl halides is 3. The number of halogens is 5. The molecule has 2 atom stereocenters. The average Bonchev–Trinajstić information content (AvgIpc) is 3.60. The molecule has 0 aromatic heterocycles. The third-order valence-electron chi connectivity index (χ3n) is 5.75. The van der Waals surface area contributed by atoms with Crippen molar-refractivity contribution in [1.29, 1.82) is 0 Å². The summed E-state index contributed by atoms with van der Waals surface area (Å²) in [6.45, 7) is 4.21. The van der Waals surface area contributed by atoms with Crippen molar-refractivity contribution < 1.29 is 22.6 Å². The molecule has 1 fully saturated rings. The summed E-state index contributed by atoms with van der Waals surface area (Å²) in [5.74, 6) is 0.971. The van der Waals surface area contributed by atoms with E-state index in [0.29, 0.717) is 45.2 Å². The molecule has 1 N–H and O–H groups in total.